The number of hydrogen-bond acceptors (Lipinski definition) is 2. The molecule has 468 valence electrons. The van der Waals surface area contributed by atoms with Gasteiger partial charge in [-0.3, -0.25) is 0 Å². The van der Waals surface area contributed by atoms with Crippen molar-refractivity contribution in [2.45, 2.75) is 0 Å². The van der Waals surface area contributed by atoms with Crippen molar-refractivity contribution in [1.29, 1.82) is 0 Å². The molecular formula is C100H56O2. The summed E-state index contributed by atoms with van der Waals surface area (Å²) in [5.41, 5.74) is -4.28. The van der Waals surface area contributed by atoms with Crippen molar-refractivity contribution >= 4 is 173 Å². The molecule has 0 bridgehead atoms. The zero-order valence-electron chi connectivity index (χ0n) is 97.6. The van der Waals surface area contributed by atoms with Crippen molar-refractivity contribution in [2.75, 3.05) is 0 Å². The Balaban J connectivity index is 0.000000164. The molecule has 0 N–H and O–H groups in total. The second kappa shape index (κ2) is 21.1. The summed E-state index contributed by atoms with van der Waals surface area (Å²) in [4.78, 5) is 0. The molecule has 0 fully saturated rings. The van der Waals surface area contributed by atoms with Gasteiger partial charge in [0.05, 0.1) is 63.1 Å². The molecule has 2 nitrogen and oxygen atoms in total. The maximum absolute atomic E-state index is 10.4. The van der Waals surface area contributed by atoms with E-state index in [1.165, 1.54) is 6.07 Å². The molecule has 2 heteroatoms. The molecular weight excluding hydrogens is 1230 g/mol. The molecule has 102 heavy (non-hydrogen) atoms. The van der Waals surface area contributed by atoms with Crippen molar-refractivity contribution in [3.05, 3.63) is 339 Å². The molecule has 0 saturated heterocycles. The molecule has 0 amide bonds. The van der Waals surface area contributed by atoms with Gasteiger partial charge in [-0.2, -0.15) is 0 Å². The summed E-state index contributed by atoms with van der Waals surface area (Å²) in [5, 5.41) is -6.57. The number of rotatable bonds is 6. The van der Waals surface area contributed by atoms with Crippen LogP contribution in [0.15, 0.2) is 347 Å². The minimum atomic E-state index is -1.13. The second-order valence-electron chi connectivity index (χ2n) is 24.3. The van der Waals surface area contributed by atoms with Crippen LogP contribution < -0.4 is 0 Å². The normalized spacial score (nSPS) is 18.6. The van der Waals surface area contributed by atoms with E-state index in [1.807, 2.05) is 30.3 Å². The smallest absolute Gasteiger partial charge is 0.136 e. The van der Waals surface area contributed by atoms with Gasteiger partial charge in [0.25, 0.3) is 0 Å². The summed E-state index contributed by atoms with van der Waals surface area (Å²) >= 11 is 0. The van der Waals surface area contributed by atoms with E-state index in [-0.39, 0.29) is 103 Å². The van der Waals surface area contributed by atoms with Crippen LogP contribution in [0, 0.1) is 0 Å². The number of furan rings is 2. The van der Waals surface area contributed by atoms with Gasteiger partial charge in [-0.15, -0.1) is 0 Å². The Morgan fingerprint density at radius 3 is 1.10 bits per heavy atom. The third-order valence-corrected chi connectivity index (χ3v) is 19.0. The lowest BCUT2D eigenvalue weighted by Gasteiger charge is -2.19. The summed E-state index contributed by atoms with van der Waals surface area (Å²) in [6.07, 6.45) is 0. The Morgan fingerprint density at radius 1 is 0.176 bits per heavy atom. The monoisotopic (exact) mass is 1330 g/mol. The van der Waals surface area contributed by atoms with Crippen molar-refractivity contribution in [3.63, 3.8) is 0 Å². The quantitative estimate of drug-likeness (QED) is 0.155. The fraction of sp³-hybridized carbons (Fsp3) is 0. The van der Waals surface area contributed by atoms with Gasteiger partial charge in [0, 0.05) is 21.5 Å². The first-order valence-electron chi connectivity index (χ1n) is 54.6. The standard InChI is InChI=1S/2C50H28O/c2*1-2-10-45-40(9-1)41-24-20-36(28-46(41)51-45)38-22-19-35(37-21-15-33-13-11-29-5-3-7-31-17-25-42(37)49(33)47(29)31)27-44(38)39-23-16-34-14-12-30-6-4-8-32-18-26-43(39)50(34)48(30)32/h2*1-28H/i1D,2D,3D,4D,5D,6D,7D,8D,9D,10D,11D,12D,13D,14D,15D,16D,17D,18D,19D,20D,21D,22D,23D,24D,25D,26D,27D,28D;3D,4D,5D,6D,7D,8D,11D,12D,13D,14D,15D,16D,17D,18D,21D,23D,25D,26D. The molecule has 22 aromatic carbocycles. The largest absolute Gasteiger partial charge is 0.456 e. The van der Waals surface area contributed by atoms with E-state index in [2.05, 4.69) is 0 Å². The van der Waals surface area contributed by atoms with Gasteiger partial charge in [0.15, 0.2) is 0 Å². The maximum Gasteiger partial charge on any atom is 0.136 e. The molecule has 0 atom stereocenters. The van der Waals surface area contributed by atoms with Crippen LogP contribution in [-0.4, -0.2) is 0 Å². The van der Waals surface area contributed by atoms with Gasteiger partial charge < -0.3 is 8.83 Å². The van der Waals surface area contributed by atoms with Crippen molar-refractivity contribution in [1.82, 2.24) is 0 Å². The van der Waals surface area contributed by atoms with Crippen LogP contribution in [0.1, 0.15) is 63.1 Å². The van der Waals surface area contributed by atoms with Gasteiger partial charge in [0.1, 0.15) is 22.3 Å². The molecule has 0 aliphatic heterocycles. The van der Waals surface area contributed by atoms with Gasteiger partial charge in [0.2, 0.25) is 0 Å². The molecule has 24 rings (SSSR count). The predicted octanol–water partition coefficient (Wildman–Crippen LogP) is 28.8. The van der Waals surface area contributed by atoms with Gasteiger partial charge in [-0.25, -0.2) is 0 Å². The highest BCUT2D eigenvalue weighted by Gasteiger charge is 2.23. The van der Waals surface area contributed by atoms with Crippen LogP contribution in [-0.2, 0) is 0 Å². The fourth-order valence-electron chi connectivity index (χ4n) is 14.4. The molecule has 0 radical (unpaired) electrons. The number of para-hydroxylation sites is 2. The highest BCUT2D eigenvalue weighted by molar-refractivity contribution is 6.30. The highest BCUT2D eigenvalue weighted by Crippen LogP contribution is 2.50. The highest BCUT2D eigenvalue weighted by atomic mass is 16.3. The third kappa shape index (κ3) is 8.06. The van der Waals surface area contributed by atoms with Crippen molar-refractivity contribution in [3.8, 4) is 66.8 Å². The zero-order chi connectivity index (χ0) is 106. The molecule has 0 unspecified atom stereocenters. The van der Waals surface area contributed by atoms with Gasteiger partial charge >= 0.3 is 0 Å². The number of hydrogen-bond donors (Lipinski definition) is 0. The fourth-order valence-corrected chi connectivity index (χ4v) is 14.4. The van der Waals surface area contributed by atoms with Crippen LogP contribution in [0.2, 0.25) is 0 Å². The van der Waals surface area contributed by atoms with E-state index in [0.29, 0.717) is 22.3 Å². The van der Waals surface area contributed by atoms with Crippen LogP contribution >= 0.6 is 0 Å². The molecule has 2 heterocycles. The average Bonchev–Trinajstić information content (AvgIpc) is 0.722. The van der Waals surface area contributed by atoms with Crippen LogP contribution in [0.4, 0.5) is 0 Å². The van der Waals surface area contributed by atoms with Crippen molar-refractivity contribution < 1.29 is 71.9 Å². The summed E-state index contributed by atoms with van der Waals surface area (Å²) < 4.78 is 434. The van der Waals surface area contributed by atoms with Crippen LogP contribution in [0.3, 0.4) is 0 Å². The first-order valence-corrected chi connectivity index (χ1v) is 31.6. The summed E-state index contributed by atoms with van der Waals surface area (Å²) in [6.45, 7) is 0. The van der Waals surface area contributed by atoms with Crippen LogP contribution in [0.25, 0.3) is 240 Å². The SMILES string of the molecule is [2H]c1c([2H])c(-c2c([2H])c([2H])c3c(oc4c([2H])c([2H])c([2H])c([2H])c43)c2[2H])c(-c2c([2H])c([2H])c3c([2H])c([2H])c4c([2H])c([2H])c([2H])c5c([2H])c([2H])c2c3c45)c([2H])c1-c1c([2H])c([2H])c2c([2H])c([2H])c3c([2H])c([2H])c([2H])c4c([2H])c([2H])c1c2c34.[2H]c1c([2H])c2c([2H])c([2H])c3c([2H])c([2H])c(-c4ccc(-c5ccc6c(c5)oc5ccccc56)c(-c5c([2H])c([2H])c6c([2H])c([2H])c7c([2H])c([2H])c([2H])c8c([2H])c([2H])c5c6c78)c4)c4c([2H])c([2H])c(c1[2H])c2c34. The lowest BCUT2D eigenvalue weighted by Crippen LogP contribution is -1.92. The lowest BCUT2D eigenvalue weighted by atomic mass is 9.85. The molecule has 0 aliphatic rings. The Bertz CT molecular complexity index is 10500. The lowest BCUT2D eigenvalue weighted by molar-refractivity contribution is 0.668. The summed E-state index contributed by atoms with van der Waals surface area (Å²) in [6, 6.07) is -16.3. The first-order chi connectivity index (χ1) is 69.8. The van der Waals surface area contributed by atoms with Gasteiger partial charge in [-0.1, -0.05) is 290 Å². The van der Waals surface area contributed by atoms with E-state index in [0.717, 1.165) is 10.8 Å². The average molecular weight is 1340 g/mol. The second-order valence-corrected chi connectivity index (χ2v) is 24.3. The van der Waals surface area contributed by atoms with E-state index in [4.69, 9.17) is 41.7 Å². The van der Waals surface area contributed by atoms with E-state index < -0.39 is 382 Å². The molecule has 0 saturated carbocycles. The van der Waals surface area contributed by atoms with E-state index >= 15 is 0 Å². The summed E-state index contributed by atoms with van der Waals surface area (Å²) in [7, 11) is 0. The minimum Gasteiger partial charge on any atom is -0.456 e. The molecule has 0 spiro atoms. The first kappa shape index (κ1) is 27.7. The third-order valence-electron chi connectivity index (χ3n) is 19.0. The van der Waals surface area contributed by atoms with E-state index in [1.54, 1.807) is 24.3 Å². The summed E-state index contributed by atoms with van der Waals surface area (Å²) in [5.74, 6) is 0. The number of benzene rings is 22. The molecule has 0 aliphatic carbocycles. The Labute approximate surface area is 649 Å². The predicted molar refractivity (Wildman–Crippen MR) is 435 cm³/mol. The molecule has 2 aromatic heterocycles. The Morgan fingerprint density at radius 2 is 0.549 bits per heavy atom. The zero-order valence-corrected chi connectivity index (χ0v) is 51.6. The Kier molecular flexibility index (Phi) is 5.73. The topological polar surface area (TPSA) is 26.3 Å². The van der Waals surface area contributed by atoms with E-state index in [9.17, 15) is 30.2 Å². The maximum atomic E-state index is 10.4. The number of fused-ring (bicyclic) bond motifs is 6. The Hall–Kier alpha value is -13.4. The van der Waals surface area contributed by atoms with Crippen LogP contribution in [0.5, 0.6) is 0 Å². The van der Waals surface area contributed by atoms with Crippen molar-refractivity contribution in [2.24, 2.45) is 0 Å². The minimum absolute atomic E-state index is 0.0223. The molecule has 24 aromatic rings. The van der Waals surface area contributed by atoms with Gasteiger partial charge in [-0.05, 0) is 244 Å².